The largest absolute Gasteiger partial charge is 0.197 e. The highest BCUT2D eigenvalue weighted by Crippen LogP contribution is 2.28. The molecule has 2 heteroatoms. The van der Waals surface area contributed by atoms with Gasteiger partial charge in [-0.15, -0.1) is 0 Å². The summed E-state index contributed by atoms with van der Waals surface area (Å²) in [5.41, 5.74) is -0.283. The first-order valence-electron chi connectivity index (χ1n) is 3.14. The first-order chi connectivity index (χ1) is 4.83. The van der Waals surface area contributed by atoms with E-state index in [4.69, 9.17) is 5.26 Å². The van der Waals surface area contributed by atoms with Crippen molar-refractivity contribution in [1.29, 1.82) is 5.26 Å². The van der Waals surface area contributed by atoms with E-state index in [-0.39, 0.29) is 5.41 Å². The molecule has 0 aromatic carbocycles. The lowest BCUT2D eigenvalue weighted by atomic mass is 9.86. The highest BCUT2D eigenvalue weighted by Gasteiger charge is 2.24. The van der Waals surface area contributed by atoms with E-state index in [1.807, 2.05) is 24.3 Å². The first kappa shape index (κ1) is 7.56. The lowest BCUT2D eigenvalue weighted by Crippen LogP contribution is -2.17. The summed E-state index contributed by atoms with van der Waals surface area (Å²) in [5.74, 6) is 0. The highest BCUT2D eigenvalue weighted by atomic mass is 79.9. The molecule has 1 rings (SSSR count). The minimum Gasteiger partial charge on any atom is -0.197 e. The summed E-state index contributed by atoms with van der Waals surface area (Å²) in [4.78, 5) is 0. The number of allylic oxidation sites excluding steroid dienone is 4. The van der Waals surface area contributed by atoms with Crippen molar-refractivity contribution in [1.82, 2.24) is 0 Å². The van der Waals surface area contributed by atoms with Crippen LogP contribution in [0, 0.1) is 16.7 Å². The van der Waals surface area contributed by atoms with E-state index in [1.54, 1.807) is 0 Å². The second-order valence-corrected chi connectivity index (χ2v) is 2.95. The Kier molecular flexibility index (Phi) is 2.29. The maximum Gasteiger partial charge on any atom is 0.0887 e. The standard InChI is InChI=1S/C8H8BrN/c9-6-8(7-10)4-2-1-3-5-8/h1-4H,5-6H2. The first-order valence-corrected chi connectivity index (χ1v) is 4.27. The molecule has 0 bridgehead atoms. The van der Waals surface area contributed by atoms with Crippen LogP contribution in [0.5, 0.6) is 0 Å². The second kappa shape index (κ2) is 3.03. The van der Waals surface area contributed by atoms with Gasteiger partial charge in [0.05, 0.1) is 11.5 Å². The summed E-state index contributed by atoms with van der Waals surface area (Å²) in [7, 11) is 0. The van der Waals surface area contributed by atoms with Crippen molar-refractivity contribution in [3.8, 4) is 6.07 Å². The van der Waals surface area contributed by atoms with Crippen LogP contribution in [-0.4, -0.2) is 5.33 Å². The number of hydrogen-bond acceptors (Lipinski definition) is 1. The molecule has 10 heavy (non-hydrogen) atoms. The Morgan fingerprint density at radius 3 is 2.70 bits per heavy atom. The van der Waals surface area contributed by atoms with Gasteiger partial charge in [0, 0.05) is 5.33 Å². The Balaban J connectivity index is 2.79. The lowest BCUT2D eigenvalue weighted by molar-refractivity contribution is 0.589. The molecule has 0 amide bonds. The molecule has 1 unspecified atom stereocenters. The minimum atomic E-state index is -0.283. The number of rotatable bonds is 1. The van der Waals surface area contributed by atoms with Crippen molar-refractivity contribution in [2.45, 2.75) is 6.42 Å². The van der Waals surface area contributed by atoms with E-state index in [1.165, 1.54) is 0 Å². The normalized spacial score (nSPS) is 30.0. The molecule has 0 aromatic heterocycles. The minimum absolute atomic E-state index is 0.283. The SMILES string of the molecule is N#CC1(CBr)C=CC=CC1. The third-order valence-corrected chi connectivity index (χ3v) is 2.61. The van der Waals surface area contributed by atoms with Crippen LogP contribution in [0.1, 0.15) is 6.42 Å². The maximum absolute atomic E-state index is 8.78. The van der Waals surface area contributed by atoms with Gasteiger partial charge in [0.1, 0.15) is 0 Å². The number of hydrogen-bond donors (Lipinski definition) is 0. The second-order valence-electron chi connectivity index (χ2n) is 2.39. The fourth-order valence-electron chi connectivity index (χ4n) is 0.877. The molecule has 0 saturated heterocycles. The monoisotopic (exact) mass is 197 g/mol. The van der Waals surface area contributed by atoms with Crippen LogP contribution in [0.15, 0.2) is 24.3 Å². The summed E-state index contributed by atoms with van der Waals surface area (Å²) in [5, 5.41) is 9.50. The summed E-state index contributed by atoms with van der Waals surface area (Å²) in [6, 6.07) is 2.28. The van der Waals surface area contributed by atoms with Crippen LogP contribution < -0.4 is 0 Å². The van der Waals surface area contributed by atoms with Crippen molar-refractivity contribution in [2.24, 2.45) is 5.41 Å². The van der Waals surface area contributed by atoms with Crippen molar-refractivity contribution in [2.75, 3.05) is 5.33 Å². The van der Waals surface area contributed by atoms with E-state index in [2.05, 4.69) is 22.0 Å². The van der Waals surface area contributed by atoms with Crippen molar-refractivity contribution in [3.05, 3.63) is 24.3 Å². The van der Waals surface area contributed by atoms with Crippen LogP contribution in [0.25, 0.3) is 0 Å². The van der Waals surface area contributed by atoms with Gasteiger partial charge in [0.25, 0.3) is 0 Å². The lowest BCUT2D eigenvalue weighted by Gasteiger charge is -2.19. The van der Waals surface area contributed by atoms with Gasteiger partial charge in [-0.25, -0.2) is 0 Å². The molecule has 0 fully saturated rings. The summed E-state index contributed by atoms with van der Waals surface area (Å²) >= 11 is 3.32. The predicted octanol–water partition coefficient (Wildman–Crippen LogP) is 2.41. The molecule has 0 N–H and O–H groups in total. The van der Waals surface area contributed by atoms with Crippen molar-refractivity contribution < 1.29 is 0 Å². The molecule has 0 spiro atoms. The fourth-order valence-corrected chi connectivity index (χ4v) is 1.42. The average molecular weight is 198 g/mol. The van der Waals surface area contributed by atoms with Gasteiger partial charge in [0.2, 0.25) is 0 Å². The van der Waals surface area contributed by atoms with Gasteiger partial charge in [-0.05, 0) is 6.42 Å². The van der Waals surface area contributed by atoms with Gasteiger partial charge in [-0.1, -0.05) is 40.2 Å². The quantitative estimate of drug-likeness (QED) is 0.593. The van der Waals surface area contributed by atoms with Crippen molar-refractivity contribution in [3.63, 3.8) is 0 Å². The molecule has 1 atom stereocenters. The zero-order valence-corrected chi connectivity index (χ0v) is 7.13. The van der Waals surface area contributed by atoms with E-state index < -0.39 is 0 Å². The van der Waals surface area contributed by atoms with Gasteiger partial charge in [-0.2, -0.15) is 5.26 Å². The van der Waals surface area contributed by atoms with Crippen LogP contribution >= 0.6 is 15.9 Å². The number of nitriles is 1. The van der Waals surface area contributed by atoms with E-state index in [0.29, 0.717) is 0 Å². The Hall–Kier alpha value is -0.550. The topological polar surface area (TPSA) is 23.8 Å². The van der Waals surface area contributed by atoms with Gasteiger partial charge >= 0.3 is 0 Å². The molecule has 1 aliphatic rings. The Labute approximate surface area is 69.2 Å². The summed E-state index contributed by atoms with van der Waals surface area (Å²) < 4.78 is 0. The molecular weight excluding hydrogens is 190 g/mol. The molecule has 52 valence electrons. The van der Waals surface area contributed by atoms with E-state index >= 15 is 0 Å². The molecule has 0 aromatic rings. The van der Waals surface area contributed by atoms with E-state index in [9.17, 15) is 0 Å². The third-order valence-electron chi connectivity index (χ3n) is 1.61. The third kappa shape index (κ3) is 1.30. The number of alkyl halides is 1. The fraction of sp³-hybridized carbons (Fsp3) is 0.375. The molecule has 0 saturated carbocycles. The molecule has 0 aliphatic heterocycles. The van der Waals surface area contributed by atoms with Crippen LogP contribution in [0.3, 0.4) is 0 Å². The van der Waals surface area contributed by atoms with E-state index in [0.717, 1.165) is 11.8 Å². The molecule has 1 nitrogen and oxygen atoms in total. The maximum atomic E-state index is 8.78. The van der Waals surface area contributed by atoms with Gasteiger partial charge in [0.15, 0.2) is 0 Å². The van der Waals surface area contributed by atoms with Crippen LogP contribution in [0.2, 0.25) is 0 Å². The molecule has 1 aliphatic carbocycles. The zero-order valence-electron chi connectivity index (χ0n) is 5.55. The zero-order chi connectivity index (χ0) is 7.45. The van der Waals surface area contributed by atoms with Crippen molar-refractivity contribution >= 4 is 15.9 Å². The Morgan fingerprint density at radius 1 is 1.60 bits per heavy atom. The summed E-state index contributed by atoms with van der Waals surface area (Å²) in [6.45, 7) is 0. The average Bonchev–Trinajstić information content (AvgIpc) is 2.06. The van der Waals surface area contributed by atoms with Crippen LogP contribution in [-0.2, 0) is 0 Å². The molecular formula is C8H8BrN. The van der Waals surface area contributed by atoms with Gasteiger partial charge in [-0.3, -0.25) is 0 Å². The number of nitrogens with zero attached hydrogens (tertiary/aromatic N) is 1. The number of halogens is 1. The Morgan fingerprint density at radius 2 is 2.40 bits per heavy atom. The smallest absolute Gasteiger partial charge is 0.0887 e. The predicted molar refractivity (Wildman–Crippen MR) is 44.7 cm³/mol. The Bertz CT molecular complexity index is 212. The molecule has 0 radical (unpaired) electrons. The summed E-state index contributed by atoms with van der Waals surface area (Å²) in [6.07, 6.45) is 8.68. The van der Waals surface area contributed by atoms with Crippen LogP contribution in [0.4, 0.5) is 0 Å². The van der Waals surface area contributed by atoms with Gasteiger partial charge < -0.3 is 0 Å². The molecule has 0 heterocycles. The highest BCUT2D eigenvalue weighted by molar-refractivity contribution is 9.09.